The van der Waals surface area contributed by atoms with Crippen molar-refractivity contribution in [2.45, 2.75) is 150 Å². The molecule has 1 aromatic carbocycles. The molecule has 0 fully saturated rings. The third kappa shape index (κ3) is 11.5. The molecule has 248 valence electrons. The second-order valence-electron chi connectivity index (χ2n) is 13.9. The van der Waals surface area contributed by atoms with E-state index in [2.05, 4.69) is 34.6 Å². The van der Waals surface area contributed by atoms with Crippen molar-refractivity contribution in [2.75, 3.05) is 13.2 Å². The number of carbonyl (C=O) groups excluding carboxylic acids is 1. The molecule has 4 N–H and O–H groups in total. The van der Waals surface area contributed by atoms with Crippen molar-refractivity contribution in [2.24, 2.45) is 17.8 Å². The highest BCUT2D eigenvalue weighted by Gasteiger charge is 2.35. The molecular weight excluding hydrogens is 548 g/mol. The maximum Gasteiger partial charge on any atom is 0.513 e. The third-order valence-corrected chi connectivity index (χ3v) is 9.37. The number of fused-ring (bicyclic) bond motifs is 1. The second kappa shape index (κ2) is 17.6. The molecule has 8 nitrogen and oxygen atoms in total. The minimum Gasteiger partial charge on any atom is -0.487 e. The highest BCUT2D eigenvalue weighted by molar-refractivity contribution is 5.68. The Morgan fingerprint density at radius 3 is 2.02 bits per heavy atom. The quantitative estimate of drug-likeness (QED) is 0.107. The molecule has 8 heteroatoms. The van der Waals surface area contributed by atoms with Gasteiger partial charge in [-0.1, -0.05) is 72.6 Å². The van der Waals surface area contributed by atoms with Crippen molar-refractivity contribution in [1.82, 2.24) is 0 Å². The largest absolute Gasteiger partial charge is 0.513 e. The molecule has 0 saturated heterocycles. The molecule has 6 atom stereocenters. The fourth-order valence-corrected chi connectivity index (χ4v) is 6.14. The van der Waals surface area contributed by atoms with E-state index in [1.807, 2.05) is 20.8 Å². The van der Waals surface area contributed by atoms with Crippen LogP contribution in [0.3, 0.4) is 0 Å². The van der Waals surface area contributed by atoms with Crippen LogP contribution in [-0.4, -0.2) is 63.7 Å². The van der Waals surface area contributed by atoms with Gasteiger partial charge in [0.2, 0.25) is 0 Å². The average Bonchev–Trinajstić information content (AvgIpc) is 2.95. The van der Waals surface area contributed by atoms with Gasteiger partial charge in [-0.25, -0.2) is 4.79 Å². The molecule has 1 aliphatic rings. The van der Waals surface area contributed by atoms with E-state index in [9.17, 15) is 20.1 Å². The molecule has 0 bridgehead atoms. The lowest BCUT2D eigenvalue weighted by Gasteiger charge is -2.38. The zero-order valence-electron chi connectivity index (χ0n) is 28.1. The molecular formula is C35H60O8. The summed E-state index contributed by atoms with van der Waals surface area (Å²) in [5.41, 5.74) is 3.31. The molecule has 1 heterocycles. The van der Waals surface area contributed by atoms with E-state index < -0.39 is 37.7 Å². The lowest BCUT2D eigenvalue weighted by atomic mass is 9.83. The number of hydrogen-bond acceptors (Lipinski definition) is 8. The number of ether oxygens (including phenoxy) is 3. The van der Waals surface area contributed by atoms with E-state index in [0.717, 1.165) is 71.4 Å². The smallest absolute Gasteiger partial charge is 0.487 e. The summed E-state index contributed by atoms with van der Waals surface area (Å²) in [4.78, 5) is 12.4. The summed E-state index contributed by atoms with van der Waals surface area (Å²) in [6.07, 6.45) is 7.26. The third-order valence-electron chi connectivity index (χ3n) is 9.37. The summed E-state index contributed by atoms with van der Waals surface area (Å²) in [7, 11) is 0. The maximum atomic E-state index is 12.4. The Morgan fingerprint density at radius 1 is 0.860 bits per heavy atom. The van der Waals surface area contributed by atoms with Gasteiger partial charge in [0.15, 0.2) is 0 Å². The first-order valence-corrected chi connectivity index (χ1v) is 16.5. The number of carbonyl (C=O) groups is 1. The van der Waals surface area contributed by atoms with Crippen LogP contribution in [0.15, 0.2) is 0 Å². The highest BCUT2D eigenvalue weighted by atomic mass is 16.7. The fourth-order valence-electron chi connectivity index (χ4n) is 6.14. The molecule has 1 aromatic rings. The van der Waals surface area contributed by atoms with Crippen LogP contribution in [0.4, 0.5) is 4.79 Å². The van der Waals surface area contributed by atoms with Gasteiger partial charge in [0.25, 0.3) is 0 Å². The van der Waals surface area contributed by atoms with Crippen LogP contribution < -0.4 is 9.47 Å². The Balaban J connectivity index is 1.88. The number of aliphatic hydroxyl groups is 4. The van der Waals surface area contributed by atoms with Gasteiger partial charge in [-0.3, -0.25) is 0 Å². The molecule has 43 heavy (non-hydrogen) atoms. The molecule has 6 unspecified atom stereocenters. The summed E-state index contributed by atoms with van der Waals surface area (Å²) >= 11 is 0. The summed E-state index contributed by atoms with van der Waals surface area (Å²) in [5, 5.41) is 38.0. The van der Waals surface area contributed by atoms with Crippen LogP contribution in [0, 0.1) is 38.5 Å². The van der Waals surface area contributed by atoms with Crippen LogP contribution in [0.25, 0.3) is 0 Å². The molecule has 2 rings (SSSR count). The van der Waals surface area contributed by atoms with Crippen molar-refractivity contribution in [1.29, 1.82) is 0 Å². The molecule has 0 aliphatic carbocycles. The Hall–Kier alpha value is -1.87. The van der Waals surface area contributed by atoms with E-state index in [0.29, 0.717) is 5.75 Å². The Morgan fingerprint density at radius 2 is 1.44 bits per heavy atom. The first-order chi connectivity index (χ1) is 20.2. The van der Waals surface area contributed by atoms with Crippen molar-refractivity contribution in [3.05, 3.63) is 22.3 Å². The summed E-state index contributed by atoms with van der Waals surface area (Å²) in [5.74, 6) is 3.63. The Bertz CT molecular complexity index is 1010. The zero-order valence-corrected chi connectivity index (χ0v) is 28.1. The number of rotatable bonds is 18. The summed E-state index contributed by atoms with van der Waals surface area (Å²) < 4.78 is 17.2. The summed E-state index contributed by atoms with van der Waals surface area (Å²) in [6.45, 7) is 16.1. The molecule has 0 aromatic heterocycles. The van der Waals surface area contributed by atoms with Crippen molar-refractivity contribution < 1.29 is 39.4 Å². The second-order valence-corrected chi connectivity index (χ2v) is 13.9. The van der Waals surface area contributed by atoms with Gasteiger partial charge in [-0.2, -0.15) is 0 Å². The van der Waals surface area contributed by atoms with Gasteiger partial charge >= 0.3 is 6.16 Å². The van der Waals surface area contributed by atoms with E-state index in [-0.39, 0.29) is 5.60 Å². The van der Waals surface area contributed by atoms with E-state index in [1.54, 1.807) is 0 Å². The first kappa shape index (κ1) is 37.3. The number of hydrogen-bond donors (Lipinski definition) is 4. The van der Waals surface area contributed by atoms with Gasteiger partial charge in [-0.15, -0.1) is 0 Å². The van der Waals surface area contributed by atoms with Crippen molar-refractivity contribution in [3.63, 3.8) is 0 Å². The van der Waals surface area contributed by atoms with Crippen LogP contribution in [0.1, 0.15) is 121 Å². The lowest BCUT2D eigenvalue weighted by molar-refractivity contribution is -0.0933. The first-order valence-electron chi connectivity index (χ1n) is 16.5. The fraction of sp³-hybridized carbons (Fsp3) is 0.800. The van der Waals surface area contributed by atoms with Crippen LogP contribution >= 0.6 is 0 Å². The van der Waals surface area contributed by atoms with Gasteiger partial charge in [0, 0.05) is 5.56 Å². The normalized spacial score (nSPS) is 20.1. The maximum absolute atomic E-state index is 12.4. The predicted molar refractivity (Wildman–Crippen MR) is 170 cm³/mol. The Labute approximate surface area is 260 Å². The van der Waals surface area contributed by atoms with E-state index >= 15 is 0 Å². The minimum absolute atomic E-state index is 0.237. The van der Waals surface area contributed by atoms with Crippen LogP contribution in [-0.2, 0) is 11.2 Å². The number of aliphatic hydroxyl groups excluding tert-OH is 4. The molecule has 0 amide bonds. The minimum atomic E-state index is -1.65. The zero-order chi connectivity index (χ0) is 32.3. The summed E-state index contributed by atoms with van der Waals surface area (Å²) in [6, 6.07) is 0. The van der Waals surface area contributed by atoms with Gasteiger partial charge < -0.3 is 34.6 Å². The SMILES string of the molecule is Cc1c(C)c2c(c(C)c1OC(=O)OCC(O)C(O)C(O)CO)CCC(C)(CCCC(C)CCCC(C)CCCC(C)C)O2. The van der Waals surface area contributed by atoms with Gasteiger partial charge in [0.05, 0.1) is 6.61 Å². The standard InChI is InChI=1S/C35H60O8/c1-22(2)12-9-13-23(3)14-10-15-24(4)16-11-18-35(8)19-17-28-27(7)32(25(5)26(6)33(28)43-35)42-34(40)41-21-30(38)31(39)29(37)20-36/h22-24,29-31,36-39H,9-21H2,1-8H3. The number of benzene rings is 1. The topological polar surface area (TPSA) is 126 Å². The highest BCUT2D eigenvalue weighted by Crippen LogP contribution is 2.45. The monoisotopic (exact) mass is 608 g/mol. The van der Waals surface area contributed by atoms with Gasteiger partial charge in [0.1, 0.15) is 42.0 Å². The van der Waals surface area contributed by atoms with Crippen LogP contribution in [0.5, 0.6) is 11.5 Å². The van der Waals surface area contributed by atoms with Crippen LogP contribution in [0.2, 0.25) is 0 Å². The molecule has 0 spiro atoms. The van der Waals surface area contributed by atoms with Gasteiger partial charge in [-0.05, 0) is 87.8 Å². The predicted octanol–water partition coefficient (Wildman–Crippen LogP) is 6.73. The molecule has 0 saturated carbocycles. The van der Waals surface area contributed by atoms with E-state index in [4.69, 9.17) is 19.3 Å². The lowest BCUT2D eigenvalue weighted by Crippen LogP contribution is -2.42. The van der Waals surface area contributed by atoms with E-state index in [1.165, 1.54) is 44.9 Å². The van der Waals surface area contributed by atoms with Crippen molar-refractivity contribution in [3.8, 4) is 11.5 Å². The van der Waals surface area contributed by atoms with Crippen molar-refractivity contribution >= 4 is 6.16 Å². The average molecular weight is 609 g/mol. The Kier molecular flexibility index (Phi) is 15.3. The molecule has 0 radical (unpaired) electrons. The molecule has 1 aliphatic heterocycles.